The molecule has 0 atom stereocenters. The summed E-state index contributed by atoms with van der Waals surface area (Å²) in [5.41, 5.74) is 0. The number of amides is 1. The number of aromatic nitrogens is 1. The molecule has 0 radical (unpaired) electrons. The SMILES string of the molecule is O=C(CN(C1CC1)S(=O)(=O)c1cccnc1)NCc1ccc(Cl)s1. The monoisotopic (exact) mass is 385 g/mol. The number of thiophene rings is 1. The number of hydrogen-bond donors (Lipinski definition) is 1. The molecule has 0 spiro atoms. The van der Waals surface area contributed by atoms with Crippen LogP contribution in [-0.2, 0) is 21.4 Å². The highest BCUT2D eigenvalue weighted by molar-refractivity contribution is 7.89. The first-order valence-electron chi connectivity index (χ1n) is 7.39. The van der Waals surface area contributed by atoms with Crippen LogP contribution in [0.1, 0.15) is 17.7 Å². The minimum absolute atomic E-state index is 0.106. The number of rotatable bonds is 7. The molecule has 24 heavy (non-hydrogen) atoms. The third kappa shape index (κ3) is 4.13. The predicted molar refractivity (Wildman–Crippen MR) is 92.3 cm³/mol. The van der Waals surface area contributed by atoms with E-state index < -0.39 is 10.0 Å². The lowest BCUT2D eigenvalue weighted by atomic mass is 10.4. The van der Waals surface area contributed by atoms with Gasteiger partial charge in [0.25, 0.3) is 0 Å². The van der Waals surface area contributed by atoms with E-state index in [1.54, 1.807) is 12.1 Å². The molecule has 0 aromatic carbocycles. The van der Waals surface area contributed by atoms with Crippen LogP contribution in [0.5, 0.6) is 0 Å². The van der Waals surface area contributed by atoms with E-state index >= 15 is 0 Å². The van der Waals surface area contributed by atoms with Gasteiger partial charge in [-0.05, 0) is 37.1 Å². The number of pyridine rings is 1. The molecule has 0 saturated heterocycles. The van der Waals surface area contributed by atoms with Gasteiger partial charge in [-0.2, -0.15) is 4.31 Å². The van der Waals surface area contributed by atoms with Crippen LogP contribution in [-0.4, -0.2) is 36.2 Å². The number of sulfonamides is 1. The molecule has 1 aliphatic rings. The van der Waals surface area contributed by atoms with Crippen LogP contribution in [0.4, 0.5) is 0 Å². The lowest BCUT2D eigenvalue weighted by Crippen LogP contribution is -2.41. The molecule has 0 unspecified atom stereocenters. The lowest BCUT2D eigenvalue weighted by molar-refractivity contribution is -0.121. The van der Waals surface area contributed by atoms with Gasteiger partial charge in [-0.25, -0.2) is 8.42 Å². The molecule has 128 valence electrons. The van der Waals surface area contributed by atoms with Crippen LogP contribution in [0.3, 0.4) is 0 Å². The fourth-order valence-electron chi connectivity index (χ4n) is 2.24. The topological polar surface area (TPSA) is 79.4 Å². The maximum Gasteiger partial charge on any atom is 0.245 e. The first-order chi connectivity index (χ1) is 11.5. The Labute approximate surface area is 149 Å². The minimum atomic E-state index is -3.72. The van der Waals surface area contributed by atoms with E-state index in [0.29, 0.717) is 10.9 Å². The molecular weight excluding hydrogens is 370 g/mol. The zero-order valence-electron chi connectivity index (χ0n) is 12.7. The number of carbonyl (C=O) groups is 1. The van der Waals surface area contributed by atoms with Crippen LogP contribution in [0.25, 0.3) is 0 Å². The van der Waals surface area contributed by atoms with Crippen LogP contribution in [0.15, 0.2) is 41.6 Å². The van der Waals surface area contributed by atoms with Crippen molar-refractivity contribution < 1.29 is 13.2 Å². The second kappa shape index (κ2) is 7.18. The standard InChI is InChI=1S/C15H16ClN3O3S2/c16-14-6-5-12(23-14)8-18-15(20)10-19(11-3-4-11)24(21,22)13-2-1-7-17-9-13/h1-2,5-7,9,11H,3-4,8,10H2,(H,18,20). The van der Waals surface area contributed by atoms with E-state index in [1.165, 1.54) is 34.1 Å². The Morgan fingerprint density at radius 3 is 2.75 bits per heavy atom. The highest BCUT2D eigenvalue weighted by atomic mass is 35.5. The molecule has 1 N–H and O–H groups in total. The third-order valence-electron chi connectivity index (χ3n) is 3.58. The Kier molecular flexibility index (Phi) is 5.19. The van der Waals surface area contributed by atoms with Crippen molar-refractivity contribution in [1.82, 2.24) is 14.6 Å². The summed E-state index contributed by atoms with van der Waals surface area (Å²) >= 11 is 7.23. The van der Waals surface area contributed by atoms with E-state index in [-0.39, 0.29) is 23.4 Å². The van der Waals surface area contributed by atoms with Crippen molar-refractivity contribution in [2.45, 2.75) is 30.3 Å². The Hall–Kier alpha value is -1.48. The Morgan fingerprint density at radius 1 is 1.38 bits per heavy atom. The van der Waals surface area contributed by atoms with E-state index in [2.05, 4.69) is 10.3 Å². The van der Waals surface area contributed by atoms with Gasteiger partial charge in [0.05, 0.1) is 17.4 Å². The molecule has 0 aliphatic heterocycles. The quantitative estimate of drug-likeness (QED) is 0.792. The average Bonchev–Trinajstić information content (AvgIpc) is 3.33. The highest BCUT2D eigenvalue weighted by Crippen LogP contribution is 2.31. The summed E-state index contributed by atoms with van der Waals surface area (Å²) in [5.74, 6) is -0.334. The van der Waals surface area contributed by atoms with Crippen LogP contribution < -0.4 is 5.32 Å². The van der Waals surface area contributed by atoms with E-state index in [9.17, 15) is 13.2 Å². The third-order valence-corrected chi connectivity index (χ3v) is 6.70. The normalized spacial score (nSPS) is 14.8. The molecule has 3 rings (SSSR count). The van der Waals surface area contributed by atoms with Gasteiger partial charge in [0.2, 0.25) is 15.9 Å². The summed E-state index contributed by atoms with van der Waals surface area (Å²) < 4.78 is 27.4. The predicted octanol–water partition coefficient (Wildman–Crippen LogP) is 2.27. The number of hydrogen-bond acceptors (Lipinski definition) is 5. The van der Waals surface area contributed by atoms with Crippen molar-refractivity contribution in [2.24, 2.45) is 0 Å². The molecule has 2 aromatic heterocycles. The molecule has 2 aromatic rings. The Balaban J connectivity index is 1.67. The number of carbonyl (C=O) groups excluding carboxylic acids is 1. The zero-order chi connectivity index (χ0) is 17.2. The van der Waals surface area contributed by atoms with Gasteiger partial charge in [-0.3, -0.25) is 9.78 Å². The van der Waals surface area contributed by atoms with Gasteiger partial charge >= 0.3 is 0 Å². The van der Waals surface area contributed by atoms with Gasteiger partial charge in [0.1, 0.15) is 4.90 Å². The first kappa shape index (κ1) is 17.3. The molecule has 1 amide bonds. The summed E-state index contributed by atoms with van der Waals surface area (Å²) in [6.45, 7) is 0.142. The molecule has 6 nitrogen and oxygen atoms in total. The summed E-state index contributed by atoms with van der Waals surface area (Å²) in [7, 11) is -3.72. The smallest absolute Gasteiger partial charge is 0.245 e. The van der Waals surface area contributed by atoms with Gasteiger partial charge in [-0.1, -0.05) is 11.6 Å². The Bertz CT molecular complexity index is 819. The summed E-state index contributed by atoms with van der Waals surface area (Å²) in [5, 5.41) is 2.74. The maximum atomic E-state index is 12.7. The number of halogens is 1. The van der Waals surface area contributed by atoms with Gasteiger partial charge in [0.15, 0.2) is 0 Å². The molecule has 2 heterocycles. The van der Waals surface area contributed by atoms with Crippen molar-refractivity contribution >= 4 is 38.9 Å². The molecule has 9 heteroatoms. The van der Waals surface area contributed by atoms with Gasteiger partial charge < -0.3 is 5.32 Å². The van der Waals surface area contributed by atoms with Crippen LogP contribution in [0, 0.1) is 0 Å². The molecular formula is C15H16ClN3O3S2. The molecule has 0 bridgehead atoms. The molecule has 1 saturated carbocycles. The largest absolute Gasteiger partial charge is 0.350 e. The second-order valence-corrected chi connectivity index (χ2v) is 9.14. The zero-order valence-corrected chi connectivity index (χ0v) is 15.1. The fourth-order valence-corrected chi connectivity index (χ4v) is 4.87. The van der Waals surface area contributed by atoms with Crippen molar-refractivity contribution in [3.05, 3.63) is 45.9 Å². The van der Waals surface area contributed by atoms with E-state index in [0.717, 1.165) is 17.7 Å². The highest BCUT2D eigenvalue weighted by Gasteiger charge is 2.39. The first-order valence-corrected chi connectivity index (χ1v) is 10.0. The van der Waals surface area contributed by atoms with Crippen molar-refractivity contribution in [3.8, 4) is 0 Å². The van der Waals surface area contributed by atoms with Crippen molar-refractivity contribution in [3.63, 3.8) is 0 Å². The van der Waals surface area contributed by atoms with E-state index in [4.69, 9.17) is 11.6 Å². The van der Waals surface area contributed by atoms with Crippen LogP contribution >= 0.6 is 22.9 Å². The van der Waals surface area contributed by atoms with Gasteiger partial charge in [-0.15, -0.1) is 11.3 Å². The summed E-state index contributed by atoms with van der Waals surface area (Å²) in [6.07, 6.45) is 4.36. The second-order valence-electron chi connectivity index (χ2n) is 5.45. The number of nitrogens with zero attached hydrogens (tertiary/aromatic N) is 2. The number of nitrogens with one attached hydrogen (secondary N) is 1. The lowest BCUT2D eigenvalue weighted by Gasteiger charge is -2.21. The van der Waals surface area contributed by atoms with Crippen molar-refractivity contribution in [2.75, 3.05) is 6.54 Å². The fraction of sp³-hybridized carbons (Fsp3) is 0.333. The minimum Gasteiger partial charge on any atom is -0.350 e. The molecule has 1 aliphatic carbocycles. The summed E-state index contributed by atoms with van der Waals surface area (Å²) in [4.78, 5) is 17.1. The Morgan fingerprint density at radius 2 is 2.17 bits per heavy atom. The van der Waals surface area contributed by atoms with E-state index in [1.807, 2.05) is 6.07 Å². The molecule has 1 fully saturated rings. The summed E-state index contributed by atoms with van der Waals surface area (Å²) in [6, 6.07) is 6.54. The van der Waals surface area contributed by atoms with Crippen LogP contribution in [0.2, 0.25) is 4.34 Å². The average molecular weight is 386 g/mol. The maximum absolute atomic E-state index is 12.7. The van der Waals surface area contributed by atoms with Gasteiger partial charge in [0, 0.05) is 23.3 Å². The van der Waals surface area contributed by atoms with Crippen molar-refractivity contribution in [1.29, 1.82) is 0 Å².